The largest absolute Gasteiger partial charge is 0.444 e. The minimum absolute atomic E-state index is 0.0607. The maximum Gasteiger partial charge on any atom is 0.410 e. The lowest BCUT2D eigenvalue weighted by molar-refractivity contribution is 0.0151. The molecule has 0 radical (unpaired) electrons. The van der Waals surface area contributed by atoms with Crippen molar-refractivity contribution < 1.29 is 19.1 Å². The van der Waals surface area contributed by atoms with Crippen LogP contribution < -0.4 is 5.32 Å². The number of likely N-dealkylation sites (N-methyl/N-ethyl adjacent to an activating group) is 1. The molecular weight excluding hydrogens is 568 g/mol. The van der Waals surface area contributed by atoms with Crippen molar-refractivity contribution >= 4 is 12.2 Å². The third-order valence-corrected chi connectivity index (χ3v) is 8.80. The summed E-state index contributed by atoms with van der Waals surface area (Å²) in [5, 5.41) is 3.54. The third-order valence-electron chi connectivity index (χ3n) is 8.80. The van der Waals surface area contributed by atoms with Crippen molar-refractivity contribution in [1.82, 2.24) is 30.0 Å². The van der Waals surface area contributed by atoms with Gasteiger partial charge in [0, 0.05) is 43.9 Å². The minimum Gasteiger partial charge on any atom is -0.444 e. The van der Waals surface area contributed by atoms with E-state index in [0.29, 0.717) is 6.54 Å². The number of rotatable bonds is 8. The summed E-state index contributed by atoms with van der Waals surface area (Å²) >= 11 is 0. The van der Waals surface area contributed by atoms with Crippen LogP contribution in [0.5, 0.6) is 0 Å². The zero-order valence-corrected chi connectivity index (χ0v) is 28.2. The van der Waals surface area contributed by atoms with Crippen LogP contribution in [0.1, 0.15) is 102 Å². The highest BCUT2D eigenvalue weighted by Gasteiger charge is 2.40. The molecule has 3 atom stereocenters. The van der Waals surface area contributed by atoms with Crippen LogP contribution in [-0.2, 0) is 28.7 Å². The number of imidazole rings is 1. The van der Waals surface area contributed by atoms with Gasteiger partial charge in [0.2, 0.25) is 0 Å². The normalized spacial score (nSPS) is 22.1. The van der Waals surface area contributed by atoms with E-state index in [9.17, 15) is 9.59 Å². The second-order valence-corrected chi connectivity index (χ2v) is 14.7. The van der Waals surface area contributed by atoms with Crippen molar-refractivity contribution in [2.24, 2.45) is 0 Å². The standard InChI is InChI=1S/C35H52N6O4/c1-34(2,3)44-32(42)40-20-8-10-28(40)30-36-22-26(38-30)18-16-24-12-14-25(15-13-24)17-19-27-23-37-31(39(27)7)29-11-9-21-41(29)33(43)45-35(4,5)6/h12-15,22-23,28-29,31,37H,8-11,16-21H2,1-7H3,(H,36,38)/t28?,29-,31?/m0/s1. The molecule has 3 aliphatic heterocycles. The van der Waals surface area contributed by atoms with E-state index < -0.39 is 11.2 Å². The van der Waals surface area contributed by atoms with Crippen LogP contribution in [0, 0.1) is 0 Å². The first-order chi connectivity index (χ1) is 21.3. The molecule has 4 heterocycles. The van der Waals surface area contributed by atoms with E-state index in [-0.39, 0.29) is 30.4 Å². The number of hydrogen-bond donors (Lipinski definition) is 2. The first-order valence-corrected chi connectivity index (χ1v) is 16.6. The number of aromatic amines is 1. The Labute approximate surface area is 268 Å². The van der Waals surface area contributed by atoms with Crippen molar-refractivity contribution in [3.05, 3.63) is 65.0 Å². The van der Waals surface area contributed by atoms with Gasteiger partial charge in [-0.1, -0.05) is 24.3 Å². The Bertz CT molecular complexity index is 1360. The van der Waals surface area contributed by atoms with Crippen LogP contribution in [0.3, 0.4) is 0 Å². The summed E-state index contributed by atoms with van der Waals surface area (Å²) < 4.78 is 11.3. The zero-order chi connectivity index (χ0) is 32.4. The molecule has 0 saturated carbocycles. The Hall–Kier alpha value is -3.69. The number of likely N-dealkylation sites (tertiary alicyclic amines) is 2. The predicted octanol–water partition coefficient (Wildman–Crippen LogP) is 6.30. The number of hydrogen-bond acceptors (Lipinski definition) is 7. The van der Waals surface area contributed by atoms with Gasteiger partial charge in [0.15, 0.2) is 0 Å². The second kappa shape index (κ2) is 13.3. The third kappa shape index (κ3) is 8.32. The first kappa shape index (κ1) is 32.7. The zero-order valence-electron chi connectivity index (χ0n) is 28.2. The Morgan fingerprint density at radius 2 is 1.42 bits per heavy atom. The van der Waals surface area contributed by atoms with Gasteiger partial charge in [0.25, 0.3) is 0 Å². The molecule has 246 valence electrons. The van der Waals surface area contributed by atoms with Crippen LogP contribution in [0.25, 0.3) is 0 Å². The molecule has 2 N–H and O–H groups in total. The lowest BCUT2D eigenvalue weighted by atomic mass is 10.0. The SMILES string of the molecule is CN1C(CCc2ccc(CCc3cnc(C4CCCN4C(=O)OC(C)(C)C)[nH]3)cc2)=CNC1[C@@H]1CCCN1C(=O)OC(C)(C)C. The highest BCUT2D eigenvalue weighted by molar-refractivity contribution is 5.69. The van der Waals surface area contributed by atoms with Crippen molar-refractivity contribution in [3.8, 4) is 0 Å². The number of benzene rings is 1. The molecule has 2 fully saturated rings. The quantitative estimate of drug-likeness (QED) is 0.357. The molecule has 2 unspecified atom stereocenters. The number of allylic oxidation sites excluding steroid dienone is 1. The Morgan fingerprint density at radius 1 is 0.844 bits per heavy atom. The van der Waals surface area contributed by atoms with Gasteiger partial charge >= 0.3 is 12.2 Å². The number of carbonyl (C=O) groups is 2. The van der Waals surface area contributed by atoms with Crippen LogP contribution >= 0.6 is 0 Å². The number of nitrogens with one attached hydrogen (secondary N) is 2. The monoisotopic (exact) mass is 620 g/mol. The van der Waals surface area contributed by atoms with Gasteiger partial charge in [-0.05, 0) is 104 Å². The molecule has 0 bridgehead atoms. The number of nitrogens with zero attached hydrogens (tertiary/aromatic N) is 4. The van der Waals surface area contributed by atoms with E-state index in [4.69, 9.17) is 9.47 Å². The number of ether oxygens (including phenoxy) is 2. The summed E-state index contributed by atoms with van der Waals surface area (Å²) in [5.74, 6) is 0.845. The number of carbonyl (C=O) groups excluding carboxylic acids is 2. The average Bonchev–Trinajstić information content (AvgIpc) is 3.76. The van der Waals surface area contributed by atoms with E-state index in [1.807, 2.05) is 52.6 Å². The molecule has 0 spiro atoms. The highest BCUT2D eigenvalue weighted by Crippen LogP contribution is 2.32. The fourth-order valence-electron chi connectivity index (χ4n) is 6.55. The van der Waals surface area contributed by atoms with Gasteiger partial charge in [0.1, 0.15) is 23.2 Å². The van der Waals surface area contributed by atoms with Gasteiger partial charge in [-0.2, -0.15) is 0 Å². The van der Waals surface area contributed by atoms with Crippen LogP contribution in [-0.4, -0.2) is 80.4 Å². The highest BCUT2D eigenvalue weighted by atomic mass is 16.6. The van der Waals surface area contributed by atoms with Crippen molar-refractivity contribution in [3.63, 3.8) is 0 Å². The number of amides is 2. The maximum atomic E-state index is 12.8. The van der Waals surface area contributed by atoms with E-state index in [1.54, 1.807) is 4.90 Å². The smallest absolute Gasteiger partial charge is 0.410 e. The van der Waals surface area contributed by atoms with E-state index in [0.717, 1.165) is 69.4 Å². The van der Waals surface area contributed by atoms with Crippen LogP contribution in [0.2, 0.25) is 0 Å². The number of aromatic nitrogens is 2. The molecule has 5 rings (SSSR count). The molecule has 3 aliphatic rings. The van der Waals surface area contributed by atoms with Crippen molar-refractivity contribution in [1.29, 1.82) is 0 Å². The molecule has 0 aliphatic carbocycles. The van der Waals surface area contributed by atoms with E-state index >= 15 is 0 Å². The Balaban J connectivity index is 1.08. The summed E-state index contributed by atoms with van der Waals surface area (Å²) in [4.78, 5) is 39.6. The van der Waals surface area contributed by atoms with Crippen molar-refractivity contribution in [2.45, 2.75) is 122 Å². The topological polar surface area (TPSA) is 103 Å². The molecule has 1 aromatic carbocycles. The van der Waals surface area contributed by atoms with Gasteiger partial charge in [-0.15, -0.1) is 0 Å². The molecule has 2 aromatic rings. The average molecular weight is 621 g/mol. The van der Waals surface area contributed by atoms with E-state index in [2.05, 4.69) is 57.7 Å². The fourth-order valence-corrected chi connectivity index (χ4v) is 6.55. The molecule has 2 saturated heterocycles. The second-order valence-electron chi connectivity index (χ2n) is 14.7. The summed E-state index contributed by atoms with van der Waals surface area (Å²) in [5.41, 5.74) is 3.91. The Kier molecular flexibility index (Phi) is 9.70. The lowest BCUT2D eigenvalue weighted by Gasteiger charge is -2.36. The summed E-state index contributed by atoms with van der Waals surface area (Å²) in [6.07, 6.45) is 11.0. The summed E-state index contributed by atoms with van der Waals surface area (Å²) in [6.45, 7) is 12.9. The minimum atomic E-state index is -0.513. The van der Waals surface area contributed by atoms with Gasteiger partial charge in [-0.25, -0.2) is 14.6 Å². The molecule has 45 heavy (non-hydrogen) atoms. The van der Waals surface area contributed by atoms with E-state index in [1.165, 1.54) is 16.8 Å². The summed E-state index contributed by atoms with van der Waals surface area (Å²) in [7, 11) is 2.12. The molecular formula is C35H52N6O4. The lowest BCUT2D eigenvalue weighted by Crippen LogP contribution is -2.53. The van der Waals surface area contributed by atoms with Crippen LogP contribution in [0.15, 0.2) is 42.4 Å². The molecule has 1 aromatic heterocycles. The van der Waals surface area contributed by atoms with Gasteiger partial charge in [-0.3, -0.25) is 4.90 Å². The van der Waals surface area contributed by atoms with Gasteiger partial charge in [0.05, 0.1) is 12.1 Å². The Morgan fingerprint density at radius 3 is 2.07 bits per heavy atom. The van der Waals surface area contributed by atoms with Gasteiger partial charge < -0.3 is 29.6 Å². The molecule has 10 heteroatoms. The summed E-state index contributed by atoms with van der Waals surface area (Å²) in [6, 6.07) is 8.93. The maximum absolute atomic E-state index is 12.8. The molecule has 10 nitrogen and oxygen atoms in total. The van der Waals surface area contributed by atoms with Crippen LogP contribution in [0.4, 0.5) is 9.59 Å². The number of aryl methyl sites for hydroxylation is 3. The van der Waals surface area contributed by atoms with Crippen molar-refractivity contribution in [2.75, 3.05) is 20.1 Å². The molecule has 2 amide bonds. The first-order valence-electron chi connectivity index (χ1n) is 16.6. The fraction of sp³-hybridized carbons (Fsp3) is 0.629. The number of H-pyrrole nitrogens is 1. The predicted molar refractivity (Wildman–Crippen MR) is 174 cm³/mol.